The van der Waals surface area contributed by atoms with Crippen molar-refractivity contribution in [2.45, 2.75) is 13.0 Å². The molecule has 1 unspecified atom stereocenters. The van der Waals surface area contributed by atoms with Crippen LogP contribution in [-0.4, -0.2) is 29.1 Å². The van der Waals surface area contributed by atoms with Gasteiger partial charge in [0.2, 0.25) is 5.76 Å². The van der Waals surface area contributed by atoms with E-state index in [-0.39, 0.29) is 11.8 Å². The van der Waals surface area contributed by atoms with Gasteiger partial charge in [-0.25, -0.2) is 4.79 Å². The Hall–Kier alpha value is -1.38. The lowest BCUT2D eigenvalue weighted by Gasteiger charge is -2.10. The molecule has 0 aliphatic heterocycles. The Labute approximate surface area is 105 Å². The number of carbonyl (C=O) groups is 1. The standard InChI is InChI=1S/C12H15NO3S/c1-3-7-17-8-6-13-9(2)10-4-5-11(16-10)12(14)15/h1,4-5,9,13H,6-8H2,2H3,(H,14,15). The predicted molar refractivity (Wildman–Crippen MR) is 68.2 cm³/mol. The molecule has 0 saturated carbocycles. The molecule has 0 saturated heterocycles. The molecular weight excluding hydrogens is 238 g/mol. The van der Waals surface area contributed by atoms with Gasteiger partial charge >= 0.3 is 5.97 Å². The number of nitrogens with one attached hydrogen (secondary N) is 1. The summed E-state index contributed by atoms with van der Waals surface area (Å²) in [6.07, 6.45) is 5.13. The molecule has 4 nitrogen and oxygen atoms in total. The topological polar surface area (TPSA) is 62.5 Å². The van der Waals surface area contributed by atoms with Crippen molar-refractivity contribution in [3.63, 3.8) is 0 Å². The molecule has 0 bridgehead atoms. The van der Waals surface area contributed by atoms with Crippen LogP contribution in [-0.2, 0) is 0 Å². The number of furan rings is 1. The first-order chi connectivity index (χ1) is 8.15. The summed E-state index contributed by atoms with van der Waals surface area (Å²) in [6, 6.07) is 3.13. The molecule has 0 amide bonds. The van der Waals surface area contributed by atoms with E-state index in [4.69, 9.17) is 15.9 Å². The molecule has 0 aromatic carbocycles. The Kier molecular flexibility index (Phi) is 5.67. The van der Waals surface area contributed by atoms with Crippen molar-refractivity contribution >= 4 is 17.7 Å². The summed E-state index contributed by atoms with van der Waals surface area (Å²) in [5, 5.41) is 12.0. The largest absolute Gasteiger partial charge is 0.475 e. The highest BCUT2D eigenvalue weighted by atomic mass is 32.2. The zero-order valence-corrected chi connectivity index (χ0v) is 10.4. The van der Waals surface area contributed by atoms with Gasteiger partial charge in [0.1, 0.15) is 5.76 Å². The molecule has 17 heavy (non-hydrogen) atoms. The van der Waals surface area contributed by atoms with Crippen molar-refractivity contribution in [3.05, 3.63) is 23.7 Å². The fourth-order valence-corrected chi connectivity index (χ4v) is 1.80. The van der Waals surface area contributed by atoms with Crippen molar-refractivity contribution < 1.29 is 14.3 Å². The summed E-state index contributed by atoms with van der Waals surface area (Å²) < 4.78 is 5.18. The van der Waals surface area contributed by atoms with Crippen LogP contribution in [0.2, 0.25) is 0 Å². The van der Waals surface area contributed by atoms with Gasteiger partial charge < -0.3 is 14.8 Å². The molecule has 5 heteroatoms. The first-order valence-corrected chi connectivity index (χ1v) is 6.38. The molecule has 1 aromatic rings. The van der Waals surface area contributed by atoms with Gasteiger partial charge in [-0.2, -0.15) is 0 Å². The maximum Gasteiger partial charge on any atom is 0.371 e. The molecular formula is C12H15NO3S. The lowest BCUT2D eigenvalue weighted by Crippen LogP contribution is -2.21. The lowest BCUT2D eigenvalue weighted by atomic mass is 10.2. The van der Waals surface area contributed by atoms with E-state index < -0.39 is 5.97 Å². The summed E-state index contributed by atoms with van der Waals surface area (Å²) in [5.74, 6) is 3.73. The van der Waals surface area contributed by atoms with Crippen LogP contribution in [0.1, 0.15) is 29.3 Å². The Morgan fingerprint density at radius 1 is 1.71 bits per heavy atom. The molecule has 1 heterocycles. The van der Waals surface area contributed by atoms with Crippen LogP contribution in [0.4, 0.5) is 0 Å². The van der Waals surface area contributed by atoms with Crippen LogP contribution in [0.3, 0.4) is 0 Å². The first kappa shape index (κ1) is 13.7. The third-order valence-electron chi connectivity index (χ3n) is 2.15. The van der Waals surface area contributed by atoms with E-state index in [1.807, 2.05) is 6.92 Å². The zero-order valence-electron chi connectivity index (χ0n) is 9.60. The fourth-order valence-electron chi connectivity index (χ4n) is 1.28. The van der Waals surface area contributed by atoms with Crippen LogP contribution in [0, 0.1) is 12.3 Å². The third-order valence-corrected chi connectivity index (χ3v) is 3.01. The number of hydrogen-bond acceptors (Lipinski definition) is 4. The highest BCUT2D eigenvalue weighted by Gasteiger charge is 2.13. The summed E-state index contributed by atoms with van der Waals surface area (Å²) in [4.78, 5) is 10.6. The third kappa shape index (κ3) is 4.55. The molecule has 92 valence electrons. The number of terminal acetylenes is 1. The quantitative estimate of drug-likeness (QED) is 0.575. The Morgan fingerprint density at radius 3 is 3.06 bits per heavy atom. The van der Waals surface area contributed by atoms with Gasteiger partial charge in [0.05, 0.1) is 11.8 Å². The summed E-state index contributed by atoms with van der Waals surface area (Å²) in [5.41, 5.74) is 0. The van der Waals surface area contributed by atoms with E-state index in [1.54, 1.807) is 17.8 Å². The van der Waals surface area contributed by atoms with E-state index in [1.165, 1.54) is 6.07 Å². The minimum absolute atomic E-state index is 0.00506. The maximum atomic E-state index is 10.6. The van der Waals surface area contributed by atoms with Gasteiger partial charge in [-0.05, 0) is 19.1 Å². The predicted octanol–water partition coefficient (Wildman–Crippen LogP) is 1.99. The number of hydrogen-bond donors (Lipinski definition) is 2. The number of aromatic carboxylic acids is 1. The molecule has 0 spiro atoms. The van der Waals surface area contributed by atoms with Gasteiger partial charge in [-0.15, -0.1) is 18.2 Å². The van der Waals surface area contributed by atoms with Crippen molar-refractivity contribution in [2.24, 2.45) is 0 Å². The first-order valence-electron chi connectivity index (χ1n) is 5.22. The number of thioether (sulfide) groups is 1. The smallest absolute Gasteiger partial charge is 0.371 e. The maximum absolute atomic E-state index is 10.6. The molecule has 0 radical (unpaired) electrons. The molecule has 1 rings (SSSR count). The Balaban J connectivity index is 2.34. The van der Waals surface area contributed by atoms with Crippen LogP contribution in [0.15, 0.2) is 16.5 Å². The summed E-state index contributed by atoms with van der Waals surface area (Å²) >= 11 is 1.68. The SMILES string of the molecule is C#CCSCCNC(C)c1ccc(C(=O)O)o1. The minimum Gasteiger partial charge on any atom is -0.475 e. The van der Waals surface area contributed by atoms with Gasteiger partial charge in [-0.1, -0.05) is 5.92 Å². The average molecular weight is 253 g/mol. The lowest BCUT2D eigenvalue weighted by molar-refractivity contribution is 0.0659. The highest BCUT2D eigenvalue weighted by molar-refractivity contribution is 7.99. The number of carboxylic acid groups (broad SMARTS) is 1. The van der Waals surface area contributed by atoms with Crippen LogP contribution < -0.4 is 5.32 Å². The van der Waals surface area contributed by atoms with Crippen molar-refractivity contribution in [3.8, 4) is 12.3 Å². The van der Waals surface area contributed by atoms with Gasteiger partial charge in [0.15, 0.2) is 0 Å². The monoisotopic (exact) mass is 253 g/mol. The molecule has 1 aromatic heterocycles. The average Bonchev–Trinajstić information content (AvgIpc) is 2.78. The molecule has 2 N–H and O–H groups in total. The molecule has 0 fully saturated rings. The zero-order chi connectivity index (χ0) is 12.7. The molecule has 0 aliphatic rings. The molecule has 1 atom stereocenters. The number of carboxylic acids is 1. The van der Waals surface area contributed by atoms with Crippen LogP contribution in [0.5, 0.6) is 0 Å². The van der Waals surface area contributed by atoms with Gasteiger partial charge in [-0.3, -0.25) is 0 Å². The van der Waals surface area contributed by atoms with Crippen LogP contribution in [0.25, 0.3) is 0 Å². The van der Waals surface area contributed by atoms with E-state index in [2.05, 4.69) is 11.2 Å². The van der Waals surface area contributed by atoms with Gasteiger partial charge in [0.25, 0.3) is 0 Å². The second-order valence-electron chi connectivity index (χ2n) is 3.44. The van der Waals surface area contributed by atoms with Crippen molar-refractivity contribution in [2.75, 3.05) is 18.1 Å². The van der Waals surface area contributed by atoms with E-state index in [0.717, 1.165) is 12.3 Å². The second-order valence-corrected chi connectivity index (χ2v) is 4.54. The normalized spacial score (nSPS) is 12.0. The summed E-state index contributed by atoms with van der Waals surface area (Å²) in [6.45, 7) is 2.73. The van der Waals surface area contributed by atoms with E-state index in [9.17, 15) is 4.79 Å². The second kappa shape index (κ2) is 7.05. The minimum atomic E-state index is -1.05. The van der Waals surface area contributed by atoms with Crippen molar-refractivity contribution in [1.29, 1.82) is 0 Å². The van der Waals surface area contributed by atoms with Crippen molar-refractivity contribution in [1.82, 2.24) is 5.32 Å². The Morgan fingerprint density at radius 2 is 2.47 bits per heavy atom. The molecule has 0 aliphatic carbocycles. The Bertz CT molecular complexity index is 408. The van der Waals surface area contributed by atoms with E-state index in [0.29, 0.717) is 11.5 Å². The fraction of sp³-hybridized carbons (Fsp3) is 0.417. The van der Waals surface area contributed by atoms with E-state index >= 15 is 0 Å². The summed E-state index contributed by atoms with van der Waals surface area (Å²) in [7, 11) is 0. The number of rotatable bonds is 7. The highest BCUT2D eigenvalue weighted by Crippen LogP contribution is 2.16. The van der Waals surface area contributed by atoms with Gasteiger partial charge in [0, 0.05) is 12.3 Å². The van der Waals surface area contributed by atoms with Crippen LogP contribution >= 0.6 is 11.8 Å².